The van der Waals surface area contributed by atoms with Crippen molar-refractivity contribution in [2.24, 2.45) is 0 Å². The van der Waals surface area contributed by atoms with Crippen LogP contribution in [0.5, 0.6) is 0 Å². The maximum atomic E-state index is 6.70. The zero-order valence-corrected chi connectivity index (χ0v) is 31.4. The Bertz CT molecular complexity index is 3490. The van der Waals surface area contributed by atoms with Gasteiger partial charge in [0.15, 0.2) is 0 Å². The summed E-state index contributed by atoms with van der Waals surface area (Å²) in [6, 6.07) is 73.9. The summed E-state index contributed by atoms with van der Waals surface area (Å²) in [6.07, 6.45) is 0. The van der Waals surface area contributed by atoms with Crippen molar-refractivity contribution in [3.63, 3.8) is 0 Å². The largest absolute Gasteiger partial charge is 0.456 e. The SMILES string of the molecule is c1ccc(-c2cc3cc(-c4ccc5c(c4)oc4cccc(-c6c7ccccc7c(-c7ccc(-c8cccc9ccccc89)cc7)c7ccccc67)c45)ccc3o2)cc1. The van der Waals surface area contributed by atoms with E-state index in [4.69, 9.17) is 8.83 Å². The van der Waals surface area contributed by atoms with Crippen molar-refractivity contribution in [2.75, 3.05) is 0 Å². The fourth-order valence-corrected chi connectivity index (χ4v) is 9.20. The van der Waals surface area contributed by atoms with E-state index in [0.29, 0.717) is 0 Å². The van der Waals surface area contributed by atoms with E-state index >= 15 is 0 Å². The first-order chi connectivity index (χ1) is 28.7. The molecule has 0 spiro atoms. The van der Waals surface area contributed by atoms with E-state index in [9.17, 15) is 0 Å². The van der Waals surface area contributed by atoms with E-state index in [0.717, 1.165) is 55.4 Å². The summed E-state index contributed by atoms with van der Waals surface area (Å²) in [7, 11) is 0. The number of furan rings is 2. The Morgan fingerprint density at radius 3 is 1.62 bits per heavy atom. The van der Waals surface area contributed by atoms with Crippen LogP contribution in [0, 0.1) is 0 Å². The van der Waals surface area contributed by atoms with Gasteiger partial charge in [0.1, 0.15) is 22.5 Å². The monoisotopic (exact) mass is 738 g/mol. The minimum Gasteiger partial charge on any atom is -0.456 e. The number of benzene rings is 10. The maximum Gasteiger partial charge on any atom is 0.136 e. The van der Waals surface area contributed by atoms with E-state index in [1.807, 2.05) is 18.2 Å². The Labute approximate surface area is 334 Å². The molecular weight excluding hydrogens is 705 g/mol. The first-order valence-corrected chi connectivity index (χ1v) is 19.8. The van der Waals surface area contributed by atoms with Gasteiger partial charge in [0, 0.05) is 21.7 Å². The van der Waals surface area contributed by atoms with Crippen LogP contribution in [0.4, 0.5) is 0 Å². The number of rotatable bonds is 5. The molecule has 2 nitrogen and oxygen atoms in total. The van der Waals surface area contributed by atoms with Crippen molar-refractivity contribution in [3.05, 3.63) is 206 Å². The van der Waals surface area contributed by atoms with Gasteiger partial charge < -0.3 is 8.83 Å². The van der Waals surface area contributed by atoms with Crippen molar-refractivity contribution in [1.82, 2.24) is 0 Å². The molecule has 2 heterocycles. The molecule has 0 atom stereocenters. The molecule has 10 aromatic carbocycles. The molecule has 0 fully saturated rings. The minimum absolute atomic E-state index is 0.869. The zero-order valence-electron chi connectivity index (χ0n) is 31.4. The van der Waals surface area contributed by atoms with Crippen LogP contribution in [0.3, 0.4) is 0 Å². The predicted molar refractivity (Wildman–Crippen MR) is 243 cm³/mol. The second-order valence-corrected chi connectivity index (χ2v) is 15.2. The average Bonchev–Trinajstić information content (AvgIpc) is 3.90. The lowest BCUT2D eigenvalue weighted by molar-refractivity contribution is 0.631. The van der Waals surface area contributed by atoms with Gasteiger partial charge in [-0.1, -0.05) is 170 Å². The van der Waals surface area contributed by atoms with Gasteiger partial charge in [-0.2, -0.15) is 0 Å². The molecule has 0 aliphatic rings. The van der Waals surface area contributed by atoms with Crippen LogP contribution in [0.25, 0.3) is 121 Å². The highest BCUT2D eigenvalue weighted by atomic mass is 16.3. The molecule has 0 saturated carbocycles. The molecule has 270 valence electrons. The second-order valence-electron chi connectivity index (χ2n) is 15.2. The molecule has 58 heavy (non-hydrogen) atoms. The Balaban J connectivity index is 0.998. The Morgan fingerprint density at radius 1 is 0.259 bits per heavy atom. The highest BCUT2D eigenvalue weighted by Crippen LogP contribution is 2.47. The van der Waals surface area contributed by atoms with Gasteiger partial charge in [0.2, 0.25) is 0 Å². The standard InChI is InChI=1S/C56H34O2/c1-2-13-37(14-3-1)52-34-41-32-39(29-31-50(41)57-52)40-28-30-48-53(33-40)58-51-23-11-22-49(56(48)51)55-46-19-8-6-17-44(46)54(45-18-7-9-20-47(45)55)38-26-24-36(25-27-38)43-21-10-15-35-12-4-5-16-42(35)43/h1-34H. The summed E-state index contributed by atoms with van der Waals surface area (Å²) in [5, 5.41) is 10.7. The molecular formula is C56H34O2. The third-order valence-electron chi connectivity index (χ3n) is 11.9. The van der Waals surface area contributed by atoms with E-state index in [2.05, 4.69) is 188 Å². The third kappa shape index (κ3) is 5.12. The second kappa shape index (κ2) is 12.9. The Morgan fingerprint density at radius 2 is 0.845 bits per heavy atom. The molecule has 2 heteroatoms. The lowest BCUT2D eigenvalue weighted by atomic mass is 9.84. The molecule has 0 unspecified atom stereocenters. The van der Waals surface area contributed by atoms with E-state index in [-0.39, 0.29) is 0 Å². The average molecular weight is 739 g/mol. The van der Waals surface area contributed by atoms with Gasteiger partial charge >= 0.3 is 0 Å². The van der Waals surface area contributed by atoms with Crippen molar-refractivity contribution < 1.29 is 8.83 Å². The van der Waals surface area contributed by atoms with Gasteiger partial charge in [-0.3, -0.25) is 0 Å². The lowest BCUT2D eigenvalue weighted by Gasteiger charge is -2.18. The van der Waals surface area contributed by atoms with Gasteiger partial charge in [0.25, 0.3) is 0 Å². The molecule has 0 aliphatic heterocycles. The first-order valence-electron chi connectivity index (χ1n) is 19.8. The molecule has 0 N–H and O–H groups in total. The quantitative estimate of drug-likeness (QED) is 0.164. The van der Waals surface area contributed by atoms with Gasteiger partial charge in [-0.25, -0.2) is 0 Å². The first kappa shape index (κ1) is 32.6. The molecule has 0 radical (unpaired) electrons. The molecule has 0 saturated heterocycles. The number of hydrogen-bond acceptors (Lipinski definition) is 2. The fraction of sp³-hybridized carbons (Fsp3) is 0. The highest BCUT2D eigenvalue weighted by molar-refractivity contribution is 6.25. The van der Waals surface area contributed by atoms with Crippen LogP contribution in [0.15, 0.2) is 215 Å². The van der Waals surface area contributed by atoms with Crippen molar-refractivity contribution in [2.45, 2.75) is 0 Å². The summed E-state index contributed by atoms with van der Waals surface area (Å²) in [5.74, 6) is 0.871. The van der Waals surface area contributed by atoms with E-state index < -0.39 is 0 Å². The molecule has 12 aromatic rings. The van der Waals surface area contributed by atoms with Crippen LogP contribution in [0.2, 0.25) is 0 Å². The van der Waals surface area contributed by atoms with Gasteiger partial charge in [-0.15, -0.1) is 0 Å². The zero-order chi connectivity index (χ0) is 38.2. The van der Waals surface area contributed by atoms with E-state index in [1.165, 1.54) is 65.7 Å². The summed E-state index contributed by atoms with van der Waals surface area (Å²) in [6.45, 7) is 0. The maximum absolute atomic E-state index is 6.70. The van der Waals surface area contributed by atoms with Crippen molar-refractivity contribution in [1.29, 1.82) is 0 Å². The fourth-order valence-electron chi connectivity index (χ4n) is 9.20. The van der Waals surface area contributed by atoms with Crippen LogP contribution in [-0.2, 0) is 0 Å². The summed E-state index contributed by atoms with van der Waals surface area (Å²) >= 11 is 0. The summed E-state index contributed by atoms with van der Waals surface area (Å²) < 4.78 is 12.9. The predicted octanol–water partition coefficient (Wildman–Crippen LogP) is 16.1. The van der Waals surface area contributed by atoms with Crippen LogP contribution < -0.4 is 0 Å². The van der Waals surface area contributed by atoms with Gasteiger partial charge in [-0.05, 0) is 113 Å². The smallest absolute Gasteiger partial charge is 0.136 e. The number of fused-ring (bicyclic) bond motifs is 7. The molecule has 2 aromatic heterocycles. The van der Waals surface area contributed by atoms with Crippen molar-refractivity contribution >= 4 is 65.2 Å². The lowest BCUT2D eigenvalue weighted by Crippen LogP contribution is -1.91. The summed E-state index contributed by atoms with van der Waals surface area (Å²) in [5.41, 5.74) is 13.2. The Kier molecular flexibility index (Phi) is 7.26. The third-order valence-corrected chi connectivity index (χ3v) is 11.9. The molecule has 0 aliphatic carbocycles. The number of hydrogen-bond donors (Lipinski definition) is 0. The Hall–Kier alpha value is -7.68. The molecule has 12 rings (SSSR count). The minimum atomic E-state index is 0.869. The molecule has 0 bridgehead atoms. The topological polar surface area (TPSA) is 26.3 Å². The van der Waals surface area contributed by atoms with E-state index in [1.54, 1.807) is 0 Å². The van der Waals surface area contributed by atoms with Gasteiger partial charge in [0.05, 0.1) is 0 Å². The van der Waals surface area contributed by atoms with Crippen LogP contribution >= 0.6 is 0 Å². The summed E-state index contributed by atoms with van der Waals surface area (Å²) in [4.78, 5) is 0. The normalized spacial score (nSPS) is 11.8. The van der Waals surface area contributed by atoms with Crippen LogP contribution in [0.1, 0.15) is 0 Å². The highest BCUT2D eigenvalue weighted by Gasteiger charge is 2.21. The van der Waals surface area contributed by atoms with Crippen molar-refractivity contribution in [3.8, 4) is 55.8 Å². The molecule has 0 amide bonds. The van der Waals surface area contributed by atoms with Crippen LogP contribution in [-0.4, -0.2) is 0 Å².